The Morgan fingerprint density at radius 3 is 2.53 bits per heavy atom. The second kappa shape index (κ2) is 9.40. The van der Waals surface area contributed by atoms with Crippen LogP contribution in [-0.4, -0.2) is 47.7 Å². The summed E-state index contributed by atoms with van der Waals surface area (Å²) in [6, 6.07) is 14.8. The van der Waals surface area contributed by atoms with E-state index in [9.17, 15) is 4.79 Å². The van der Waals surface area contributed by atoms with Gasteiger partial charge in [-0.2, -0.15) is 4.68 Å². The van der Waals surface area contributed by atoms with Crippen molar-refractivity contribution in [2.45, 2.75) is 36.8 Å². The molecule has 1 aliphatic rings. The summed E-state index contributed by atoms with van der Waals surface area (Å²) in [5.41, 5.74) is 1.35. The summed E-state index contributed by atoms with van der Waals surface area (Å²) in [5, 5.41) is 19.1. The number of halogens is 1. The fraction of sp³-hybridized carbons (Fsp3) is 0.318. The number of piperidine rings is 1. The van der Waals surface area contributed by atoms with Crippen LogP contribution in [0.4, 0.5) is 0 Å². The number of fused-ring (bicyclic) bond motifs is 1. The van der Waals surface area contributed by atoms with Gasteiger partial charge >= 0.3 is 0 Å². The van der Waals surface area contributed by atoms with Crippen molar-refractivity contribution in [1.82, 2.24) is 34.7 Å². The second-order valence-electron chi connectivity index (χ2n) is 7.73. The van der Waals surface area contributed by atoms with Gasteiger partial charge in [-0.25, -0.2) is 0 Å². The number of thioether (sulfide) groups is 1. The molecule has 8 nitrogen and oxygen atoms in total. The van der Waals surface area contributed by atoms with E-state index in [0.717, 1.165) is 31.1 Å². The lowest BCUT2D eigenvalue weighted by atomic mass is 10.1. The van der Waals surface area contributed by atoms with Crippen LogP contribution in [0.3, 0.4) is 0 Å². The zero-order chi connectivity index (χ0) is 21.9. The van der Waals surface area contributed by atoms with E-state index < -0.39 is 0 Å². The Bertz CT molecular complexity index is 1280. The van der Waals surface area contributed by atoms with Crippen LogP contribution in [0.25, 0.3) is 16.6 Å². The van der Waals surface area contributed by atoms with E-state index in [1.807, 2.05) is 41.0 Å². The smallest absolute Gasteiger partial charge is 0.278 e. The first-order valence-electron chi connectivity index (χ1n) is 10.6. The molecule has 0 aliphatic carbocycles. The summed E-state index contributed by atoms with van der Waals surface area (Å²) in [5.74, 6) is 1.15. The zero-order valence-electron chi connectivity index (χ0n) is 17.4. The summed E-state index contributed by atoms with van der Waals surface area (Å²) >= 11 is 7.51. The van der Waals surface area contributed by atoms with Crippen molar-refractivity contribution in [2.24, 2.45) is 0 Å². The average molecular weight is 468 g/mol. The molecule has 164 valence electrons. The highest BCUT2D eigenvalue weighted by Crippen LogP contribution is 2.25. The van der Waals surface area contributed by atoms with E-state index in [4.69, 9.17) is 11.6 Å². The van der Waals surface area contributed by atoms with Crippen LogP contribution in [0.2, 0.25) is 5.02 Å². The third-order valence-corrected chi connectivity index (χ3v) is 6.69. The molecule has 1 fully saturated rings. The summed E-state index contributed by atoms with van der Waals surface area (Å²) in [6.07, 6.45) is 3.70. The predicted molar refractivity (Wildman–Crippen MR) is 125 cm³/mol. The highest BCUT2D eigenvalue weighted by Gasteiger charge is 2.19. The van der Waals surface area contributed by atoms with Gasteiger partial charge in [-0.15, -0.1) is 15.3 Å². The van der Waals surface area contributed by atoms with Crippen molar-refractivity contribution in [2.75, 3.05) is 13.1 Å². The van der Waals surface area contributed by atoms with Crippen LogP contribution in [0.1, 0.15) is 25.1 Å². The molecule has 1 aliphatic heterocycles. The molecule has 2 aromatic carbocycles. The molecule has 0 spiro atoms. The number of rotatable bonds is 6. The molecule has 32 heavy (non-hydrogen) atoms. The number of hydrogen-bond donors (Lipinski definition) is 0. The number of nitrogens with zero attached hydrogens (tertiary/aromatic N) is 7. The van der Waals surface area contributed by atoms with Crippen molar-refractivity contribution in [3.63, 3.8) is 0 Å². The lowest BCUT2D eigenvalue weighted by Gasteiger charge is -2.26. The topological polar surface area (TPSA) is 81.7 Å². The summed E-state index contributed by atoms with van der Waals surface area (Å²) in [6.45, 7) is 2.86. The first-order chi connectivity index (χ1) is 15.7. The summed E-state index contributed by atoms with van der Waals surface area (Å²) in [7, 11) is 0. The predicted octanol–water partition coefficient (Wildman–Crippen LogP) is 3.76. The Balaban J connectivity index is 1.45. The highest BCUT2D eigenvalue weighted by atomic mass is 35.5. The average Bonchev–Trinajstić information content (AvgIpc) is 3.22. The SMILES string of the molecule is O=c1c2ccccc2nnn1CSc1nnc(CN2CCCCC2)n1-c1ccc(Cl)cc1. The minimum Gasteiger partial charge on any atom is -0.296 e. The molecule has 5 rings (SSSR count). The Hall–Kier alpha value is -2.75. The second-order valence-corrected chi connectivity index (χ2v) is 9.08. The van der Waals surface area contributed by atoms with E-state index in [1.165, 1.54) is 35.7 Å². The molecule has 4 aromatic rings. The quantitative estimate of drug-likeness (QED) is 0.399. The molecule has 0 amide bonds. The van der Waals surface area contributed by atoms with Crippen molar-refractivity contribution < 1.29 is 0 Å². The van der Waals surface area contributed by atoms with Gasteiger partial charge in [-0.1, -0.05) is 47.1 Å². The van der Waals surface area contributed by atoms with Crippen LogP contribution in [0.5, 0.6) is 0 Å². The van der Waals surface area contributed by atoms with E-state index in [2.05, 4.69) is 25.4 Å². The van der Waals surface area contributed by atoms with Crippen LogP contribution in [0, 0.1) is 0 Å². The molecular formula is C22H22ClN7OS. The molecule has 1 saturated heterocycles. The fourth-order valence-electron chi connectivity index (χ4n) is 3.89. The molecule has 10 heteroatoms. The van der Waals surface area contributed by atoms with E-state index in [1.54, 1.807) is 12.1 Å². The van der Waals surface area contributed by atoms with Gasteiger partial charge in [0, 0.05) is 10.7 Å². The van der Waals surface area contributed by atoms with Gasteiger partial charge in [-0.05, 0) is 62.3 Å². The maximum absolute atomic E-state index is 12.8. The molecule has 3 heterocycles. The van der Waals surface area contributed by atoms with Gasteiger partial charge in [-0.3, -0.25) is 14.3 Å². The number of likely N-dealkylation sites (tertiary alicyclic amines) is 1. The molecule has 0 saturated carbocycles. The van der Waals surface area contributed by atoms with Gasteiger partial charge < -0.3 is 0 Å². The third kappa shape index (κ3) is 4.41. The van der Waals surface area contributed by atoms with Gasteiger partial charge in [0.15, 0.2) is 11.0 Å². The Morgan fingerprint density at radius 2 is 1.72 bits per heavy atom. The Kier molecular flexibility index (Phi) is 6.20. The zero-order valence-corrected chi connectivity index (χ0v) is 19.0. The standard InChI is InChI=1S/C22H22ClN7OS/c23-16-8-10-17(11-9-16)30-20(14-28-12-4-1-5-13-28)25-26-22(30)32-15-29-21(31)18-6-2-3-7-19(18)24-27-29/h2-3,6-11H,1,4-5,12-15H2. The molecule has 0 bridgehead atoms. The van der Waals surface area contributed by atoms with Gasteiger partial charge in [0.05, 0.1) is 17.8 Å². The van der Waals surface area contributed by atoms with Crippen LogP contribution in [-0.2, 0) is 12.4 Å². The molecule has 0 radical (unpaired) electrons. The number of benzene rings is 2. The number of hydrogen-bond acceptors (Lipinski definition) is 7. The van der Waals surface area contributed by atoms with Crippen molar-refractivity contribution >= 4 is 34.3 Å². The molecule has 0 atom stereocenters. The normalized spacial score (nSPS) is 14.8. The lowest BCUT2D eigenvalue weighted by Crippen LogP contribution is -2.30. The first kappa shape index (κ1) is 21.1. The maximum Gasteiger partial charge on any atom is 0.278 e. The van der Waals surface area contributed by atoms with E-state index >= 15 is 0 Å². The monoisotopic (exact) mass is 467 g/mol. The Morgan fingerprint density at radius 1 is 0.938 bits per heavy atom. The van der Waals surface area contributed by atoms with E-state index in [-0.39, 0.29) is 11.4 Å². The minimum atomic E-state index is -0.172. The summed E-state index contributed by atoms with van der Waals surface area (Å²) in [4.78, 5) is 15.2. The van der Waals surface area contributed by atoms with Crippen LogP contribution < -0.4 is 5.56 Å². The van der Waals surface area contributed by atoms with E-state index in [0.29, 0.717) is 21.1 Å². The molecule has 2 aromatic heterocycles. The first-order valence-corrected chi connectivity index (χ1v) is 11.9. The third-order valence-electron chi connectivity index (χ3n) is 5.54. The van der Waals surface area contributed by atoms with Crippen molar-refractivity contribution in [3.05, 3.63) is 69.7 Å². The molecule has 0 N–H and O–H groups in total. The molecular weight excluding hydrogens is 446 g/mol. The van der Waals surface area contributed by atoms with Crippen molar-refractivity contribution in [3.8, 4) is 5.69 Å². The fourth-order valence-corrected chi connectivity index (χ4v) is 4.86. The van der Waals surface area contributed by atoms with Gasteiger partial charge in [0.25, 0.3) is 5.56 Å². The van der Waals surface area contributed by atoms with Gasteiger partial charge in [0.2, 0.25) is 0 Å². The maximum atomic E-state index is 12.8. The minimum absolute atomic E-state index is 0.172. The Labute approximate surface area is 194 Å². The number of aromatic nitrogens is 6. The van der Waals surface area contributed by atoms with Crippen molar-refractivity contribution in [1.29, 1.82) is 0 Å². The van der Waals surface area contributed by atoms with Crippen LogP contribution in [0.15, 0.2) is 58.5 Å². The lowest BCUT2D eigenvalue weighted by molar-refractivity contribution is 0.214. The summed E-state index contributed by atoms with van der Waals surface area (Å²) < 4.78 is 3.40. The largest absolute Gasteiger partial charge is 0.296 e. The highest BCUT2D eigenvalue weighted by molar-refractivity contribution is 7.98. The molecule has 0 unspecified atom stereocenters. The van der Waals surface area contributed by atoms with Crippen LogP contribution >= 0.6 is 23.4 Å². The van der Waals surface area contributed by atoms with Gasteiger partial charge in [0.1, 0.15) is 5.52 Å².